The zero-order valence-electron chi connectivity index (χ0n) is 13.2. The molecule has 23 heavy (non-hydrogen) atoms. The highest BCUT2D eigenvalue weighted by Crippen LogP contribution is 2.21. The lowest BCUT2D eigenvalue weighted by molar-refractivity contribution is 0.115. The number of nitrogens with zero attached hydrogens (tertiary/aromatic N) is 2. The highest BCUT2D eigenvalue weighted by molar-refractivity contribution is 5.75. The average molecular weight is 321 g/mol. The first kappa shape index (κ1) is 16.1. The van der Waals surface area contributed by atoms with E-state index in [0.29, 0.717) is 31.9 Å². The third-order valence-electron chi connectivity index (χ3n) is 4.78. The van der Waals surface area contributed by atoms with Crippen molar-refractivity contribution in [2.24, 2.45) is 0 Å². The Bertz CT molecular complexity index is 538. The van der Waals surface area contributed by atoms with Gasteiger partial charge in [-0.05, 0) is 37.8 Å². The molecular formula is C17H24FN3O2. The Kier molecular flexibility index (Phi) is 5.00. The van der Waals surface area contributed by atoms with Gasteiger partial charge in [-0.15, -0.1) is 0 Å². The molecular weight excluding hydrogens is 297 g/mol. The first-order chi connectivity index (χ1) is 11.1. The number of piperazine rings is 1. The van der Waals surface area contributed by atoms with Gasteiger partial charge in [0.2, 0.25) is 0 Å². The van der Waals surface area contributed by atoms with Gasteiger partial charge < -0.3 is 20.2 Å². The molecule has 126 valence electrons. The normalized spacial score (nSPS) is 25.3. The Morgan fingerprint density at radius 2 is 1.74 bits per heavy atom. The van der Waals surface area contributed by atoms with E-state index in [0.717, 1.165) is 25.7 Å². The van der Waals surface area contributed by atoms with Gasteiger partial charge in [-0.1, -0.05) is 12.1 Å². The molecule has 1 heterocycles. The average Bonchev–Trinajstić information content (AvgIpc) is 2.57. The van der Waals surface area contributed by atoms with E-state index in [1.165, 1.54) is 6.07 Å². The molecule has 0 bridgehead atoms. The maximum atomic E-state index is 13.8. The summed E-state index contributed by atoms with van der Waals surface area (Å²) in [6.07, 6.45) is 2.97. The summed E-state index contributed by atoms with van der Waals surface area (Å²) >= 11 is 0. The van der Waals surface area contributed by atoms with E-state index >= 15 is 0 Å². The number of nitrogens with one attached hydrogen (secondary N) is 1. The van der Waals surface area contributed by atoms with Crippen LogP contribution < -0.4 is 10.2 Å². The minimum atomic E-state index is -0.217. The number of halogens is 1. The Balaban J connectivity index is 1.49. The minimum absolute atomic E-state index is 0.0421. The third kappa shape index (κ3) is 3.93. The van der Waals surface area contributed by atoms with Crippen molar-refractivity contribution in [2.45, 2.75) is 37.8 Å². The number of aliphatic hydroxyl groups is 1. The van der Waals surface area contributed by atoms with Crippen LogP contribution >= 0.6 is 0 Å². The van der Waals surface area contributed by atoms with Crippen LogP contribution in [-0.4, -0.2) is 54.4 Å². The zero-order chi connectivity index (χ0) is 16.2. The van der Waals surface area contributed by atoms with Crippen LogP contribution in [0, 0.1) is 5.82 Å². The predicted octanol–water partition coefficient (Wildman–Crippen LogP) is 1.96. The van der Waals surface area contributed by atoms with Crippen molar-refractivity contribution in [1.82, 2.24) is 10.2 Å². The quantitative estimate of drug-likeness (QED) is 0.875. The standard InChI is InChI=1S/C17H24FN3O2/c18-15-3-1-2-4-16(15)20-9-11-21(12-10-20)17(23)19-13-5-7-14(22)8-6-13/h1-4,13-14,22H,5-12H2,(H,19,23). The summed E-state index contributed by atoms with van der Waals surface area (Å²) in [6, 6.07) is 6.87. The van der Waals surface area contributed by atoms with Gasteiger partial charge >= 0.3 is 6.03 Å². The van der Waals surface area contributed by atoms with Crippen molar-refractivity contribution in [3.8, 4) is 0 Å². The molecule has 1 saturated heterocycles. The molecule has 2 N–H and O–H groups in total. The number of benzene rings is 1. The van der Waals surface area contributed by atoms with Crippen LogP contribution in [-0.2, 0) is 0 Å². The molecule has 2 fully saturated rings. The molecule has 0 aromatic heterocycles. The van der Waals surface area contributed by atoms with E-state index in [1.807, 2.05) is 11.0 Å². The molecule has 0 radical (unpaired) electrons. The van der Waals surface area contributed by atoms with E-state index in [1.54, 1.807) is 17.0 Å². The van der Waals surface area contributed by atoms with Crippen molar-refractivity contribution in [3.05, 3.63) is 30.1 Å². The Hall–Kier alpha value is -1.82. The zero-order valence-corrected chi connectivity index (χ0v) is 13.2. The Morgan fingerprint density at radius 3 is 2.39 bits per heavy atom. The molecule has 1 aromatic rings. The number of amides is 2. The number of hydrogen-bond acceptors (Lipinski definition) is 3. The fourth-order valence-electron chi connectivity index (χ4n) is 3.34. The second-order valence-corrected chi connectivity index (χ2v) is 6.38. The van der Waals surface area contributed by atoms with Gasteiger partial charge in [0.05, 0.1) is 11.8 Å². The molecule has 2 aliphatic rings. The number of para-hydroxylation sites is 1. The van der Waals surface area contributed by atoms with Gasteiger partial charge in [-0.2, -0.15) is 0 Å². The topological polar surface area (TPSA) is 55.8 Å². The molecule has 6 heteroatoms. The predicted molar refractivity (Wildman–Crippen MR) is 87.0 cm³/mol. The largest absolute Gasteiger partial charge is 0.393 e. The van der Waals surface area contributed by atoms with E-state index < -0.39 is 0 Å². The van der Waals surface area contributed by atoms with Gasteiger partial charge in [0, 0.05) is 32.2 Å². The monoisotopic (exact) mass is 321 g/mol. The van der Waals surface area contributed by atoms with E-state index in [2.05, 4.69) is 5.32 Å². The second-order valence-electron chi connectivity index (χ2n) is 6.38. The summed E-state index contributed by atoms with van der Waals surface area (Å²) in [5, 5.41) is 12.6. The van der Waals surface area contributed by atoms with Crippen LogP contribution in [0.2, 0.25) is 0 Å². The molecule has 0 spiro atoms. The van der Waals surface area contributed by atoms with E-state index in [-0.39, 0.29) is 24.0 Å². The molecule has 1 aliphatic carbocycles. The smallest absolute Gasteiger partial charge is 0.317 e. The Labute approximate surface area is 136 Å². The number of hydrogen-bond donors (Lipinski definition) is 2. The van der Waals surface area contributed by atoms with Crippen molar-refractivity contribution in [3.63, 3.8) is 0 Å². The molecule has 0 unspecified atom stereocenters. The summed E-state index contributed by atoms with van der Waals surface area (Å²) in [7, 11) is 0. The SMILES string of the molecule is O=C(NC1CCC(O)CC1)N1CCN(c2ccccc2F)CC1. The van der Waals surface area contributed by atoms with Crippen LogP contribution in [0.25, 0.3) is 0 Å². The summed E-state index contributed by atoms with van der Waals surface area (Å²) < 4.78 is 13.8. The highest BCUT2D eigenvalue weighted by Gasteiger charge is 2.26. The van der Waals surface area contributed by atoms with Crippen molar-refractivity contribution in [1.29, 1.82) is 0 Å². The number of urea groups is 1. The maximum Gasteiger partial charge on any atom is 0.317 e. The van der Waals surface area contributed by atoms with Crippen molar-refractivity contribution < 1.29 is 14.3 Å². The number of anilines is 1. The lowest BCUT2D eigenvalue weighted by atomic mass is 9.93. The number of aliphatic hydroxyl groups excluding tert-OH is 1. The van der Waals surface area contributed by atoms with Gasteiger partial charge in [0.15, 0.2) is 0 Å². The highest BCUT2D eigenvalue weighted by atomic mass is 19.1. The van der Waals surface area contributed by atoms with E-state index in [4.69, 9.17) is 0 Å². The molecule has 5 nitrogen and oxygen atoms in total. The van der Waals surface area contributed by atoms with Gasteiger partial charge in [-0.3, -0.25) is 0 Å². The van der Waals surface area contributed by atoms with Crippen LogP contribution in [0.5, 0.6) is 0 Å². The lowest BCUT2D eigenvalue weighted by Gasteiger charge is -2.37. The summed E-state index contributed by atoms with van der Waals surface area (Å²) in [5.74, 6) is -0.217. The lowest BCUT2D eigenvalue weighted by Crippen LogP contribution is -2.54. The second kappa shape index (κ2) is 7.17. The van der Waals surface area contributed by atoms with Gasteiger partial charge in [0.1, 0.15) is 5.82 Å². The number of carbonyl (C=O) groups excluding carboxylic acids is 1. The van der Waals surface area contributed by atoms with Gasteiger partial charge in [0.25, 0.3) is 0 Å². The third-order valence-corrected chi connectivity index (χ3v) is 4.78. The molecule has 3 rings (SSSR count). The van der Waals surface area contributed by atoms with Crippen LogP contribution in [0.1, 0.15) is 25.7 Å². The summed E-state index contributed by atoms with van der Waals surface area (Å²) in [5.41, 5.74) is 0.605. The maximum absolute atomic E-state index is 13.8. The fourth-order valence-corrected chi connectivity index (χ4v) is 3.34. The first-order valence-electron chi connectivity index (χ1n) is 8.36. The first-order valence-corrected chi connectivity index (χ1v) is 8.36. The molecule has 1 aliphatic heterocycles. The van der Waals surface area contributed by atoms with Crippen LogP contribution in [0.3, 0.4) is 0 Å². The summed E-state index contributed by atoms with van der Waals surface area (Å²) in [4.78, 5) is 16.1. The van der Waals surface area contributed by atoms with Crippen molar-refractivity contribution in [2.75, 3.05) is 31.1 Å². The van der Waals surface area contributed by atoms with Crippen LogP contribution in [0.15, 0.2) is 24.3 Å². The van der Waals surface area contributed by atoms with E-state index in [9.17, 15) is 14.3 Å². The molecule has 1 aromatic carbocycles. The Morgan fingerprint density at radius 1 is 1.09 bits per heavy atom. The number of carbonyl (C=O) groups is 1. The van der Waals surface area contributed by atoms with Gasteiger partial charge in [-0.25, -0.2) is 9.18 Å². The minimum Gasteiger partial charge on any atom is -0.393 e. The van der Waals surface area contributed by atoms with Crippen LogP contribution in [0.4, 0.5) is 14.9 Å². The number of rotatable bonds is 2. The fraction of sp³-hybridized carbons (Fsp3) is 0.588. The molecule has 1 saturated carbocycles. The van der Waals surface area contributed by atoms with Crippen molar-refractivity contribution >= 4 is 11.7 Å². The summed E-state index contributed by atoms with van der Waals surface area (Å²) in [6.45, 7) is 2.46. The molecule has 2 amide bonds. The molecule has 0 atom stereocenters.